The Kier molecular flexibility index (Phi) is 5.04. The Hall–Kier alpha value is -2.15. The highest BCUT2D eigenvalue weighted by Crippen LogP contribution is 2.44. The monoisotopic (exact) mass is 417 g/mol. The van der Waals surface area contributed by atoms with Gasteiger partial charge in [0.2, 0.25) is 0 Å². The van der Waals surface area contributed by atoms with E-state index >= 15 is 0 Å². The topological polar surface area (TPSA) is 73.9 Å². The van der Waals surface area contributed by atoms with Gasteiger partial charge in [0.15, 0.2) is 5.43 Å². The van der Waals surface area contributed by atoms with E-state index in [2.05, 4.69) is 17.5 Å². The number of hydrogen-bond acceptors (Lipinski definition) is 6. The first kappa shape index (κ1) is 19.2. The summed E-state index contributed by atoms with van der Waals surface area (Å²) in [7, 11) is 2.01. The van der Waals surface area contributed by atoms with Crippen molar-refractivity contribution >= 4 is 35.2 Å². The van der Waals surface area contributed by atoms with Gasteiger partial charge in [0, 0.05) is 41.0 Å². The first-order chi connectivity index (χ1) is 13.4. The van der Waals surface area contributed by atoms with E-state index < -0.39 is 0 Å². The number of rotatable bonds is 3. The first-order valence-corrected chi connectivity index (χ1v) is 10.0. The summed E-state index contributed by atoms with van der Waals surface area (Å²) < 4.78 is 6.09. The van der Waals surface area contributed by atoms with Gasteiger partial charge in [-0.2, -0.15) is 12.6 Å². The van der Waals surface area contributed by atoms with Gasteiger partial charge in [-0.3, -0.25) is 4.79 Å². The van der Waals surface area contributed by atoms with Crippen LogP contribution >= 0.6 is 24.2 Å². The first-order valence-electron chi connectivity index (χ1n) is 9.01. The van der Waals surface area contributed by atoms with Gasteiger partial charge in [-0.05, 0) is 32.1 Å². The fourth-order valence-corrected chi connectivity index (χ4v) is 4.85. The summed E-state index contributed by atoms with van der Waals surface area (Å²) in [6.07, 6.45) is 0.787. The molecule has 2 N–H and O–H groups in total. The van der Waals surface area contributed by atoms with Crippen molar-refractivity contribution < 1.29 is 14.6 Å². The van der Waals surface area contributed by atoms with Gasteiger partial charge in [-0.25, -0.2) is 0 Å². The van der Waals surface area contributed by atoms with E-state index in [0.717, 1.165) is 13.0 Å². The molecule has 2 aromatic carbocycles. The van der Waals surface area contributed by atoms with Gasteiger partial charge in [-0.15, -0.1) is 0 Å². The van der Waals surface area contributed by atoms with Crippen molar-refractivity contribution in [3.63, 3.8) is 0 Å². The summed E-state index contributed by atoms with van der Waals surface area (Å²) in [6.45, 7) is 0.839. The number of benzene rings is 2. The van der Waals surface area contributed by atoms with Crippen molar-refractivity contribution in [2.45, 2.75) is 18.4 Å². The lowest BCUT2D eigenvalue weighted by molar-refractivity contribution is 0.320. The van der Waals surface area contributed by atoms with Crippen LogP contribution in [0.5, 0.6) is 11.5 Å². The molecule has 146 valence electrons. The Balaban J connectivity index is 2.03. The number of phenolic OH excluding ortho intramolecular Hbond substituents is 2. The molecule has 1 aliphatic heterocycles. The molecule has 1 fully saturated rings. The quantitative estimate of drug-likeness (QED) is 0.556. The number of fused-ring (bicyclic) bond motifs is 1. The van der Waals surface area contributed by atoms with E-state index in [1.165, 1.54) is 12.1 Å². The van der Waals surface area contributed by atoms with Crippen molar-refractivity contribution in [3.05, 3.63) is 57.2 Å². The van der Waals surface area contributed by atoms with Gasteiger partial charge < -0.3 is 19.5 Å². The van der Waals surface area contributed by atoms with Gasteiger partial charge in [-0.1, -0.05) is 23.7 Å². The second-order valence-corrected chi connectivity index (χ2v) is 7.89. The molecule has 3 aromatic rings. The highest BCUT2D eigenvalue weighted by atomic mass is 35.5. The van der Waals surface area contributed by atoms with E-state index in [1.54, 1.807) is 24.3 Å². The summed E-state index contributed by atoms with van der Waals surface area (Å²) >= 11 is 10.7. The molecular formula is C21H20ClNO4S. The Bertz CT molecular complexity index is 1110. The smallest absolute Gasteiger partial charge is 0.197 e. The molecule has 0 radical (unpaired) electrons. The molecular weight excluding hydrogens is 398 g/mol. The third-order valence-electron chi connectivity index (χ3n) is 5.52. The minimum absolute atomic E-state index is 0.0658. The zero-order chi connectivity index (χ0) is 20.0. The number of halogens is 1. The summed E-state index contributed by atoms with van der Waals surface area (Å²) in [5.41, 5.74) is 0.920. The lowest BCUT2D eigenvalue weighted by Gasteiger charge is -2.24. The predicted molar refractivity (Wildman–Crippen MR) is 114 cm³/mol. The Labute approximate surface area is 172 Å². The number of likely N-dealkylation sites (N-methyl/N-ethyl adjacent to an activating group) is 1. The lowest BCUT2D eigenvalue weighted by Crippen LogP contribution is -2.30. The second kappa shape index (κ2) is 7.35. The normalized spacial score (nSPS) is 20.1. The maximum Gasteiger partial charge on any atom is 0.197 e. The molecule has 0 bridgehead atoms. The number of nitrogens with zero attached hydrogens (tertiary/aromatic N) is 1. The second-order valence-electron chi connectivity index (χ2n) is 7.11. The molecule has 5 nitrogen and oxygen atoms in total. The highest BCUT2D eigenvalue weighted by Gasteiger charge is 2.36. The van der Waals surface area contributed by atoms with Gasteiger partial charge in [0.1, 0.15) is 28.2 Å². The summed E-state index contributed by atoms with van der Waals surface area (Å²) in [5, 5.41) is 21.5. The zero-order valence-corrected chi connectivity index (χ0v) is 16.9. The van der Waals surface area contributed by atoms with Crippen LogP contribution in [-0.4, -0.2) is 40.5 Å². The standard InChI is InChI=1S/C21H20ClNO4S/c1-23-7-6-12(14(23)10-28)19-15(24)8-16(25)20-17(26)9-18(27-21(19)20)11-4-2-3-5-13(11)22/h2-5,8-9,12,14,24-25,28H,6-7,10H2,1H3. The molecule has 2 unspecified atom stereocenters. The van der Waals surface area contributed by atoms with E-state index in [4.69, 9.17) is 16.0 Å². The Morgan fingerprint density at radius 2 is 2.00 bits per heavy atom. The van der Waals surface area contributed by atoms with Gasteiger partial charge in [0.25, 0.3) is 0 Å². The molecule has 0 aliphatic carbocycles. The van der Waals surface area contributed by atoms with Crippen molar-refractivity contribution in [1.29, 1.82) is 0 Å². The average molecular weight is 418 g/mol. The van der Waals surface area contributed by atoms with Crippen molar-refractivity contribution in [2.75, 3.05) is 19.3 Å². The number of thiol groups is 1. The molecule has 28 heavy (non-hydrogen) atoms. The van der Waals surface area contributed by atoms with Crippen LogP contribution in [0.15, 0.2) is 45.6 Å². The average Bonchev–Trinajstić information content (AvgIpc) is 3.01. The van der Waals surface area contributed by atoms with E-state index in [0.29, 0.717) is 27.7 Å². The van der Waals surface area contributed by atoms with Crippen LogP contribution in [0.4, 0.5) is 0 Å². The van der Waals surface area contributed by atoms with Crippen molar-refractivity contribution in [3.8, 4) is 22.8 Å². The number of hydrogen-bond donors (Lipinski definition) is 3. The van der Waals surface area contributed by atoms with Crippen LogP contribution in [0.2, 0.25) is 5.02 Å². The number of aromatic hydroxyl groups is 2. The van der Waals surface area contributed by atoms with Crippen LogP contribution in [-0.2, 0) is 0 Å². The lowest BCUT2D eigenvalue weighted by atomic mass is 9.89. The number of likely N-dealkylation sites (tertiary alicyclic amines) is 1. The largest absolute Gasteiger partial charge is 0.507 e. The third-order valence-corrected chi connectivity index (χ3v) is 6.22. The summed E-state index contributed by atoms with van der Waals surface area (Å²) in [4.78, 5) is 15.0. The SMILES string of the molecule is CN1CCC(c2c(O)cc(O)c3c(=O)cc(-c4ccccc4Cl)oc23)C1CS. The minimum Gasteiger partial charge on any atom is -0.507 e. The molecule has 1 aromatic heterocycles. The molecule has 1 saturated heterocycles. The van der Waals surface area contributed by atoms with Crippen LogP contribution in [0, 0.1) is 0 Å². The van der Waals surface area contributed by atoms with Gasteiger partial charge in [0.05, 0.1) is 5.02 Å². The van der Waals surface area contributed by atoms with Crippen molar-refractivity contribution in [2.24, 2.45) is 0 Å². The molecule has 2 atom stereocenters. The predicted octanol–water partition coefficient (Wildman–Crippen LogP) is 4.24. The zero-order valence-electron chi connectivity index (χ0n) is 15.2. The Morgan fingerprint density at radius 1 is 1.25 bits per heavy atom. The molecule has 7 heteroatoms. The molecule has 4 rings (SSSR count). The van der Waals surface area contributed by atoms with Gasteiger partial charge >= 0.3 is 0 Å². The molecule has 0 spiro atoms. The fraction of sp³-hybridized carbons (Fsp3) is 0.286. The van der Waals surface area contributed by atoms with Crippen LogP contribution in [0.25, 0.3) is 22.3 Å². The Morgan fingerprint density at radius 3 is 2.71 bits per heavy atom. The summed E-state index contributed by atoms with van der Waals surface area (Å²) in [5.74, 6) is 0.427. The van der Waals surface area contributed by atoms with E-state index in [1.807, 2.05) is 7.05 Å². The van der Waals surface area contributed by atoms with Crippen molar-refractivity contribution in [1.82, 2.24) is 4.90 Å². The van der Waals surface area contributed by atoms with Crippen LogP contribution < -0.4 is 5.43 Å². The van der Waals surface area contributed by atoms with Crippen LogP contribution in [0.1, 0.15) is 17.9 Å². The maximum absolute atomic E-state index is 12.8. The molecule has 0 amide bonds. The van der Waals surface area contributed by atoms with E-state index in [-0.39, 0.29) is 39.9 Å². The van der Waals surface area contributed by atoms with E-state index in [9.17, 15) is 15.0 Å². The summed E-state index contributed by atoms with van der Waals surface area (Å²) in [6, 6.07) is 9.68. The molecule has 0 saturated carbocycles. The fourth-order valence-electron chi connectivity index (χ4n) is 4.09. The molecule has 1 aliphatic rings. The number of phenols is 2. The third kappa shape index (κ3) is 3.05. The van der Waals surface area contributed by atoms with Crippen LogP contribution in [0.3, 0.4) is 0 Å². The highest BCUT2D eigenvalue weighted by molar-refractivity contribution is 7.80. The minimum atomic E-state index is -0.385. The maximum atomic E-state index is 12.8. The molecule has 2 heterocycles.